The first-order valence-corrected chi connectivity index (χ1v) is 21.9. The molecule has 0 fully saturated rings. The maximum Gasteiger partial charge on any atom is 0.0720 e. The highest BCUT2D eigenvalue weighted by molar-refractivity contribution is 5.92. The molecule has 1 heteroatoms. The largest absolute Gasteiger partial charge is 0.310 e. The van der Waals surface area contributed by atoms with E-state index in [0.29, 0.717) is 0 Å². The molecule has 1 spiro atoms. The third-order valence-electron chi connectivity index (χ3n) is 13.6. The van der Waals surface area contributed by atoms with Crippen molar-refractivity contribution in [3.8, 4) is 33.4 Å². The van der Waals surface area contributed by atoms with Gasteiger partial charge in [0.15, 0.2) is 0 Å². The summed E-state index contributed by atoms with van der Waals surface area (Å²) in [6, 6.07) is 96.4. The van der Waals surface area contributed by atoms with Gasteiger partial charge in [-0.1, -0.05) is 224 Å². The predicted molar refractivity (Wildman–Crippen MR) is 261 cm³/mol. The van der Waals surface area contributed by atoms with Crippen molar-refractivity contribution in [2.24, 2.45) is 0 Å². The second-order valence-corrected chi connectivity index (χ2v) is 16.8. The van der Waals surface area contributed by atoms with Crippen LogP contribution < -0.4 is 4.90 Å². The Hall–Kier alpha value is -8.00. The molecule has 0 N–H and O–H groups in total. The number of benzene rings is 10. The highest BCUT2D eigenvalue weighted by Gasteiger charge is 2.56. The molecule has 2 aliphatic carbocycles. The van der Waals surface area contributed by atoms with Gasteiger partial charge >= 0.3 is 0 Å². The zero-order chi connectivity index (χ0) is 41.8. The van der Waals surface area contributed by atoms with E-state index < -0.39 is 10.8 Å². The van der Waals surface area contributed by atoms with Crippen molar-refractivity contribution in [2.45, 2.75) is 10.8 Å². The molecule has 10 aromatic rings. The van der Waals surface area contributed by atoms with Crippen LogP contribution in [0.2, 0.25) is 0 Å². The molecule has 0 bridgehead atoms. The van der Waals surface area contributed by atoms with Crippen LogP contribution in [0.4, 0.5) is 17.1 Å². The first-order valence-electron chi connectivity index (χ1n) is 21.9. The van der Waals surface area contributed by atoms with Gasteiger partial charge in [0.1, 0.15) is 0 Å². The Labute approximate surface area is 369 Å². The van der Waals surface area contributed by atoms with Crippen LogP contribution in [0, 0.1) is 0 Å². The summed E-state index contributed by atoms with van der Waals surface area (Å²) in [4.78, 5) is 2.41. The summed E-state index contributed by atoms with van der Waals surface area (Å²) in [6.45, 7) is 0. The molecule has 0 aliphatic heterocycles. The van der Waals surface area contributed by atoms with Gasteiger partial charge in [0.05, 0.1) is 10.8 Å². The average molecular weight is 802 g/mol. The number of fused-ring (bicyclic) bond motifs is 9. The third kappa shape index (κ3) is 5.56. The maximum absolute atomic E-state index is 2.45. The first-order chi connectivity index (χ1) is 31.3. The minimum atomic E-state index is -0.551. The van der Waals surface area contributed by atoms with Crippen molar-refractivity contribution >= 4 is 17.1 Å². The van der Waals surface area contributed by atoms with Gasteiger partial charge in [0.2, 0.25) is 0 Å². The molecule has 296 valence electrons. The highest BCUT2D eigenvalue weighted by Crippen LogP contribution is 2.65. The van der Waals surface area contributed by atoms with Crippen molar-refractivity contribution in [3.63, 3.8) is 0 Å². The van der Waals surface area contributed by atoms with Gasteiger partial charge in [-0.3, -0.25) is 0 Å². The van der Waals surface area contributed by atoms with E-state index in [1.807, 2.05) is 0 Å². The fourth-order valence-corrected chi connectivity index (χ4v) is 11.0. The molecule has 0 atom stereocenters. The van der Waals surface area contributed by atoms with E-state index in [9.17, 15) is 0 Å². The number of rotatable bonds is 7. The molecule has 0 aromatic heterocycles. The molecule has 12 rings (SSSR count). The Morgan fingerprint density at radius 3 is 1.02 bits per heavy atom. The molecule has 0 unspecified atom stereocenters. The molecule has 1 nitrogen and oxygen atoms in total. The van der Waals surface area contributed by atoms with E-state index in [4.69, 9.17) is 0 Å². The standard InChI is InChI=1S/C62H43N/c1-5-19-44(20-6-1)46-33-37-50(38-34-46)63(51-39-35-47(36-40-51)45-21-7-2-8-22-45)52-41-42-56-54(43-52)53-27-13-14-28-55(53)62(56)59-31-17-15-29-57(59)61(48-23-9-3-10-24-48,49-25-11-4-12-26-49)58-30-16-18-32-60(58)62/h1-43H. The van der Waals surface area contributed by atoms with Crippen molar-refractivity contribution < 1.29 is 0 Å². The van der Waals surface area contributed by atoms with Crippen LogP contribution in [0.5, 0.6) is 0 Å². The maximum atomic E-state index is 2.45. The summed E-state index contributed by atoms with van der Waals surface area (Å²) >= 11 is 0. The molecular formula is C62H43N. The predicted octanol–water partition coefficient (Wildman–Crippen LogP) is 15.5. The fourth-order valence-electron chi connectivity index (χ4n) is 11.0. The zero-order valence-corrected chi connectivity index (χ0v) is 34.8. The summed E-state index contributed by atoms with van der Waals surface area (Å²) in [6.07, 6.45) is 0. The minimum Gasteiger partial charge on any atom is -0.310 e. The lowest BCUT2D eigenvalue weighted by Crippen LogP contribution is -2.44. The van der Waals surface area contributed by atoms with Crippen LogP contribution in [0.3, 0.4) is 0 Å². The number of nitrogens with zero attached hydrogens (tertiary/aromatic N) is 1. The summed E-state index contributed by atoms with van der Waals surface area (Å²) < 4.78 is 0. The van der Waals surface area contributed by atoms with Crippen LogP contribution in [-0.2, 0) is 10.8 Å². The molecule has 63 heavy (non-hydrogen) atoms. The average Bonchev–Trinajstić information content (AvgIpc) is 3.66. The fraction of sp³-hybridized carbons (Fsp3) is 0.0323. The lowest BCUT2D eigenvalue weighted by atomic mass is 9.51. The van der Waals surface area contributed by atoms with Crippen LogP contribution >= 0.6 is 0 Å². The number of anilines is 3. The molecule has 2 aliphatic rings. The summed E-state index contributed by atoms with van der Waals surface area (Å²) in [5.41, 5.74) is 20.0. The smallest absolute Gasteiger partial charge is 0.0720 e. The van der Waals surface area contributed by atoms with Crippen LogP contribution in [0.1, 0.15) is 44.5 Å². The Bertz CT molecular complexity index is 3070. The highest BCUT2D eigenvalue weighted by atomic mass is 15.1. The van der Waals surface area contributed by atoms with E-state index in [0.717, 1.165) is 17.1 Å². The molecule has 0 radical (unpaired) electrons. The Kier molecular flexibility index (Phi) is 8.69. The quantitative estimate of drug-likeness (QED) is 0.155. The molecule has 0 heterocycles. The van der Waals surface area contributed by atoms with Crippen LogP contribution in [0.15, 0.2) is 261 Å². The Morgan fingerprint density at radius 1 is 0.222 bits per heavy atom. The Morgan fingerprint density at radius 2 is 0.556 bits per heavy atom. The van der Waals surface area contributed by atoms with Crippen molar-refractivity contribution in [3.05, 3.63) is 305 Å². The SMILES string of the molecule is c1ccc(-c2ccc(N(c3ccc(-c4ccccc4)cc3)c3ccc4c(c3)-c3ccccc3C43c4ccccc4C(c4ccccc4)(c4ccccc4)c4ccccc43)cc2)cc1. The molecule has 0 saturated carbocycles. The van der Waals surface area contributed by atoms with E-state index in [2.05, 4.69) is 266 Å². The van der Waals surface area contributed by atoms with Gasteiger partial charge in [0, 0.05) is 17.1 Å². The van der Waals surface area contributed by atoms with Gasteiger partial charge in [-0.2, -0.15) is 0 Å². The Balaban J connectivity index is 1.09. The van der Waals surface area contributed by atoms with Gasteiger partial charge < -0.3 is 4.90 Å². The van der Waals surface area contributed by atoms with E-state index in [1.165, 1.54) is 77.9 Å². The second-order valence-electron chi connectivity index (χ2n) is 16.8. The van der Waals surface area contributed by atoms with E-state index >= 15 is 0 Å². The van der Waals surface area contributed by atoms with Crippen molar-refractivity contribution in [1.29, 1.82) is 0 Å². The van der Waals surface area contributed by atoms with E-state index in [1.54, 1.807) is 0 Å². The third-order valence-corrected chi connectivity index (χ3v) is 13.6. The van der Waals surface area contributed by atoms with Gasteiger partial charge in [-0.05, 0) is 114 Å². The van der Waals surface area contributed by atoms with Gasteiger partial charge in [-0.15, -0.1) is 0 Å². The van der Waals surface area contributed by atoms with Gasteiger partial charge in [-0.25, -0.2) is 0 Å². The van der Waals surface area contributed by atoms with Crippen LogP contribution in [0.25, 0.3) is 33.4 Å². The molecule has 10 aromatic carbocycles. The van der Waals surface area contributed by atoms with Crippen molar-refractivity contribution in [1.82, 2.24) is 0 Å². The second kappa shape index (κ2) is 14.9. The molecular weight excluding hydrogens is 759 g/mol. The lowest BCUT2D eigenvalue weighted by Gasteiger charge is -2.50. The van der Waals surface area contributed by atoms with Gasteiger partial charge in [0.25, 0.3) is 0 Å². The normalized spacial score (nSPS) is 13.7. The summed E-state index contributed by atoms with van der Waals surface area (Å²) in [5, 5.41) is 0. The molecule has 0 amide bonds. The lowest BCUT2D eigenvalue weighted by molar-refractivity contribution is 0.623. The van der Waals surface area contributed by atoms with E-state index in [-0.39, 0.29) is 0 Å². The molecule has 0 saturated heterocycles. The summed E-state index contributed by atoms with van der Waals surface area (Å²) in [5.74, 6) is 0. The number of hydrogen-bond acceptors (Lipinski definition) is 1. The topological polar surface area (TPSA) is 3.24 Å². The monoisotopic (exact) mass is 801 g/mol. The first kappa shape index (κ1) is 36.8. The zero-order valence-electron chi connectivity index (χ0n) is 34.8. The number of hydrogen-bond donors (Lipinski definition) is 0. The van der Waals surface area contributed by atoms with Crippen molar-refractivity contribution in [2.75, 3.05) is 4.90 Å². The minimum absolute atomic E-state index is 0.535. The van der Waals surface area contributed by atoms with Crippen LogP contribution in [-0.4, -0.2) is 0 Å². The summed E-state index contributed by atoms with van der Waals surface area (Å²) in [7, 11) is 0.